The first-order chi connectivity index (χ1) is 6.77. The van der Waals surface area contributed by atoms with Gasteiger partial charge in [0.15, 0.2) is 0 Å². The van der Waals surface area contributed by atoms with Crippen LogP contribution in [0.2, 0.25) is 0 Å². The fraction of sp³-hybridized carbons (Fsp3) is 0.571. The Kier molecular flexibility index (Phi) is 2.42. The molecule has 0 spiro atoms. The number of hydrogen-bond donors (Lipinski definition) is 2. The molecule has 1 atom stereocenters. The molecule has 14 heavy (non-hydrogen) atoms. The summed E-state index contributed by atoms with van der Waals surface area (Å²) in [6, 6.07) is -0.149. The molecule has 2 heterocycles. The number of amides is 1. The first-order valence-corrected chi connectivity index (χ1v) is 4.22. The molecule has 1 aliphatic rings. The number of ether oxygens (including phenoxy) is 1. The maximum absolute atomic E-state index is 10.7. The van der Waals surface area contributed by atoms with Crippen molar-refractivity contribution in [1.29, 1.82) is 0 Å². The van der Waals surface area contributed by atoms with Crippen LogP contribution in [0.3, 0.4) is 0 Å². The number of carbonyl (C=O) groups excluding carboxylic acids is 1. The summed E-state index contributed by atoms with van der Waals surface area (Å²) in [7, 11) is 0. The van der Waals surface area contributed by atoms with Gasteiger partial charge < -0.3 is 20.3 Å². The summed E-state index contributed by atoms with van der Waals surface area (Å²) < 4.78 is 10.1. The summed E-state index contributed by atoms with van der Waals surface area (Å²) in [5.41, 5.74) is 4.98. The molecular formula is C7H10N4O3. The highest BCUT2D eigenvalue weighted by molar-refractivity contribution is 5.88. The van der Waals surface area contributed by atoms with Crippen LogP contribution in [-0.2, 0) is 4.74 Å². The first kappa shape index (κ1) is 9.10. The summed E-state index contributed by atoms with van der Waals surface area (Å²) in [5.74, 6) is -0.470. The second-order valence-corrected chi connectivity index (χ2v) is 2.90. The van der Waals surface area contributed by atoms with E-state index in [1.165, 1.54) is 0 Å². The second-order valence-electron chi connectivity index (χ2n) is 2.90. The Hall–Kier alpha value is -1.47. The van der Waals surface area contributed by atoms with Crippen LogP contribution in [0.15, 0.2) is 4.52 Å². The SMILES string of the molecule is NC(=O)c1noc(C2COCCN2)n1. The number of hydrogen-bond acceptors (Lipinski definition) is 6. The number of nitrogens with zero attached hydrogens (tertiary/aromatic N) is 2. The van der Waals surface area contributed by atoms with Crippen molar-refractivity contribution in [2.45, 2.75) is 6.04 Å². The number of aromatic nitrogens is 2. The van der Waals surface area contributed by atoms with Gasteiger partial charge in [0.1, 0.15) is 6.04 Å². The smallest absolute Gasteiger partial charge is 0.290 e. The summed E-state index contributed by atoms with van der Waals surface area (Å²) >= 11 is 0. The number of carbonyl (C=O) groups is 1. The number of nitrogens with one attached hydrogen (secondary N) is 1. The fourth-order valence-electron chi connectivity index (χ4n) is 1.20. The Balaban J connectivity index is 2.11. The zero-order valence-electron chi connectivity index (χ0n) is 7.40. The third-order valence-corrected chi connectivity index (χ3v) is 1.88. The molecule has 0 saturated carbocycles. The molecule has 0 aliphatic carbocycles. The van der Waals surface area contributed by atoms with Gasteiger partial charge in [-0.15, -0.1) is 0 Å². The van der Waals surface area contributed by atoms with E-state index in [0.717, 1.165) is 6.54 Å². The van der Waals surface area contributed by atoms with Crippen LogP contribution >= 0.6 is 0 Å². The Morgan fingerprint density at radius 3 is 3.07 bits per heavy atom. The molecule has 1 aromatic rings. The van der Waals surface area contributed by atoms with Crippen molar-refractivity contribution < 1.29 is 14.1 Å². The maximum Gasteiger partial charge on any atom is 0.290 e. The van der Waals surface area contributed by atoms with Crippen LogP contribution in [0.4, 0.5) is 0 Å². The molecule has 1 saturated heterocycles. The first-order valence-electron chi connectivity index (χ1n) is 4.22. The quantitative estimate of drug-likeness (QED) is 0.620. The van der Waals surface area contributed by atoms with E-state index in [1.807, 2.05) is 0 Å². The molecule has 1 fully saturated rings. The molecule has 3 N–H and O–H groups in total. The minimum absolute atomic E-state index is 0.104. The molecular weight excluding hydrogens is 188 g/mol. The summed E-state index contributed by atoms with van der Waals surface area (Å²) in [6.07, 6.45) is 0. The molecule has 7 nitrogen and oxygen atoms in total. The average molecular weight is 198 g/mol. The highest BCUT2D eigenvalue weighted by atomic mass is 16.5. The van der Waals surface area contributed by atoms with Gasteiger partial charge in [0.25, 0.3) is 11.7 Å². The van der Waals surface area contributed by atoms with Gasteiger partial charge in [0, 0.05) is 6.54 Å². The highest BCUT2D eigenvalue weighted by Crippen LogP contribution is 2.12. The summed E-state index contributed by atoms with van der Waals surface area (Å²) in [4.78, 5) is 14.5. The lowest BCUT2D eigenvalue weighted by molar-refractivity contribution is 0.0659. The minimum Gasteiger partial charge on any atom is -0.378 e. The molecule has 0 radical (unpaired) electrons. The van der Waals surface area contributed by atoms with Crippen molar-refractivity contribution in [3.05, 3.63) is 11.7 Å². The van der Waals surface area contributed by atoms with E-state index in [4.69, 9.17) is 15.0 Å². The largest absolute Gasteiger partial charge is 0.378 e. The van der Waals surface area contributed by atoms with E-state index in [2.05, 4.69) is 15.5 Å². The Morgan fingerprint density at radius 1 is 1.64 bits per heavy atom. The maximum atomic E-state index is 10.7. The van der Waals surface area contributed by atoms with Gasteiger partial charge in [-0.3, -0.25) is 4.79 Å². The van der Waals surface area contributed by atoms with Crippen molar-refractivity contribution in [3.8, 4) is 0 Å². The van der Waals surface area contributed by atoms with Gasteiger partial charge in [0.2, 0.25) is 5.89 Å². The van der Waals surface area contributed by atoms with Crippen molar-refractivity contribution in [2.24, 2.45) is 5.73 Å². The van der Waals surface area contributed by atoms with Crippen LogP contribution in [-0.4, -0.2) is 35.8 Å². The van der Waals surface area contributed by atoms with E-state index >= 15 is 0 Å². The monoisotopic (exact) mass is 198 g/mol. The van der Waals surface area contributed by atoms with Crippen LogP contribution < -0.4 is 11.1 Å². The zero-order valence-corrected chi connectivity index (χ0v) is 7.40. The van der Waals surface area contributed by atoms with E-state index in [1.54, 1.807) is 0 Å². The number of rotatable bonds is 2. The van der Waals surface area contributed by atoms with Crippen LogP contribution in [0, 0.1) is 0 Å². The lowest BCUT2D eigenvalue weighted by atomic mass is 10.3. The Morgan fingerprint density at radius 2 is 2.50 bits per heavy atom. The molecule has 7 heteroatoms. The number of morpholine rings is 1. The van der Waals surface area contributed by atoms with Crippen molar-refractivity contribution in [1.82, 2.24) is 15.5 Å². The van der Waals surface area contributed by atoms with Crippen molar-refractivity contribution >= 4 is 5.91 Å². The molecule has 1 amide bonds. The van der Waals surface area contributed by atoms with E-state index in [9.17, 15) is 4.79 Å². The van der Waals surface area contributed by atoms with Crippen LogP contribution in [0.25, 0.3) is 0 Å². The van der Waals surface area contributed by atoms with Gasteiger partial charge in [0.05, 0.1) is 13.2 Å². The van der Waals surface area contributed by atoms with Crippen molar-refractivity contribution in [3.63, 3.8) is 0 Å². The Bertz CT molecular complexity index is 331. The van der Waals surface area contributed by atoms with Gasteiger partial charge in [-0.05, 0) is 0 Å². The molecule has 0 aromatic carbocycles. The summed E-state index contributed by atoms with van der Waals surface area (Å²) in [6.45, 7) is 1.84. The standard InChI is InChI=1S/C7H10N4O3/c8-5(12)6-10-7(14-11-6)4-3-13-2-1-9-4/h4,9H,1-3H2,(H2,8,12). The highest BCUT2D eigenvalue weighted by Gasteiger charge is 2.22. The number of nitrogens with two attached hydrogens (primary N) is 1. The van der Waals surface area contributed by atoms with E-state index in [0.29, 0.717) is 19.1 Å². The third kappa shape index (κ3) is 1.73. The molecule has 2 rings (SSSR count). The van der Waals surface area contributed by atoms with Crippen LogP contribution in [0.5, 0.6) is 0 Å². The minimum atomic E-state index is -0.697. The molecule has 1 unspecified atom stereocenters. The third-order valence-electron chi connectivity index (χ3n) is 1.88. The van der Waals surface area contributed by atoms with E-state index in [-0.39, 0.29) is 11.9 Å². The Labute approximate surface area is 79.6 Å². The fourth-order valence-corrected chi connectivity index (χ4v) is 1.20. The normalized spacial score (nSPS) is 22.1. The molecule has 1 aromatic heterocycles. The summed E-state index contributed by atoms with van der Waals surface area (Å²) in [5, 5.41) is 6.55. The topological polar surface area (TPSA) is 103 Å². The average Bonchev–Trinajstić information content (AvgIpc) is 2.68. The molecule has 76 valence electrons. The predicted molar refractivity (Wildman–Crippen MR) is 44.4 cm³/mol. The van der Waals surface area contributed by atoms with Gasteiger partial charge in [-0.25, -0.2) is 0 Å². The van der Waals surface area contributed by atoms with Gasteiger partial charge in [-0.1, -0.05) is 5.16 Å². The van der Waals surface area contributed by atoms with E-state index < -0.39 is 5.91 Å². The van der Waals surface area contributed by atoms with Crippen LogP contribution in [0.1, 0.15) is 22.6 Å². The lowest BCUT2D eigenvalue weighted by Crippen LogP contribution is -2.34. The predicted octanol–water partition coefficient (Wildman–Crippen LogP) is -1.17. The molecule has 0 bridgehead atoms. The van der Waals surface area contributed by atoms with Gasteiger partial charge >= 0.3 is 0 Å². The van der Waals surface area contributed by atoms with Gasteiger partial charge in [-0.2, -0.15) is 4.98 Å². The number of primary amides is 1. The zero-order chi connectivity index (χ0) is 9.97. The lowest BCUT2D eigenvalue weighted by Gasteiger charge is -2.19. The van der Waals surface area contributed by atoms with Crippen molar-refractivity contribution in [2.75, 3.05) is 19.8 Å². The second kappa shape index (κ2) is 3.72. The molecule has 1 aliphatic heterocycles.